The molecule has 0 aromatic carbocycles. The maximum Gasteiger partial charge on any atom is 0.394 e. The number of rotatable bonds is 0. The first-order chi connectivity index (χ1) is 2.00. The van der Waals surface area contributed by atoms with Crippen LogP contribution in [0.3, 0.4) is 0 Å². The summed E-state index contributed by atoms with van der Waals surface area (Å²) in [4.78, 5) is 0. The van der Waals surface area contributed by atoms with Gasteiger partial charge in [0, 0.05) is 39.4 Å². The van der Waals surface area contributed by atoms with E-state index in [1.54, 1.807) is 0 Å². The summed E-state index contributed by atoms with van der Waals surface area (Å²) >= 11 is 0. The van der Waals surface area contributed by atoms with Crippen LogP contribution in [-0.4, -0.2) is 17.5 Å². The molecule has 0 fully saturated rings. The van der Waals surface area contributed by atoms with E-state index in [9.17, 15) is 0 Å². The molecule has 7 heteroatoms. The monoisotopic (exact) mass is 358 g/mol. The Hall–Kier alpha value is 1.13. The van der Waals surface area contributed by atoms with Crippen molar-refractivity contribution in [3.8, 4) is 0 Å². The Morgan fingerprint density at radius 2 is 1.14 bits per heavy atom. The molecule has 0 rings (SSSR count). The Kier molecular flexibility index (Phi) is 11.8. The van der Waals surface area contributed by atoms with E-state index in [2.05, 4.69) is 0 Å². The van der Waals surface area contributed by atoms with Crippen LogP contribution in [0, 0.1) is 0 Å². The van der Waals surface area contributed by atoms with Crippen molar-refractivity contribution in [2.24, 2.45) is 0 Å². The normalized spacial score (nSPS) is 8.29. The molecule has 0 heterocycles. The van der Waals surface area contributed by atoms with Gasteiger partial charge in [0.1, 0.15) is 0 Å². The zero-order chi connectivity index (χ0) is 4.50. The summed E-state index contributed by atoms with van der Waals surface area (Å²) in [6.07, 6.45) is 0. The Bertz CT molecular complexity index is 94.9. The molecule has 54 valence electrons. The maximum atomic E-state index is 8.74. The fourth-order valence-electron chi connectivity index (χ4n) is 0. The second-order valence-corrected chi connectivity index (χ2v) is 1.34. The van der Waals surface area contributed by atoms with E-state index in [1.165, 1.54) is 0 Å². The second kappa shape index (κ2) is 5.27. The topological polar surface area (TPSA) is 74.6 Å². The smallest absolute Gasteiger partial charge is 0.264 e. The molecule has 2 radical (unpaired) electrons. The molecule has 0 saturated carbocycles. The molecule has 0 unspecified atom stereocenters. The number of hydrogen-bond acceptors (Lipinski definition) is 2. The van der Waals surface area contributed by atoms with Crippen LogP contribution in [0.25, 0.3) is 0 Å². The summed E-state index contributed by atoms with van der Waals surface area (Å²) in [7, 11) is -4.67. The largest absolute Gasteiger partial charge is 0.394 e. The van der Waals surface area contributed by atoms with E-state index in [1.807, 2.05) is 0 Å². The summed E-state index contributed by atoms with van der Waals surface area (Å²) in [5, 5.41) is 0. The Balaban J connectivity index is -0.0000000800. The average Bonchev–Trinajstić information content (AvgIpc) is 0.722. The van der Waals surface area contributed by atoms with Gasteiger partial charge in [-0.2, -0.15) is 8.42 Å². The van der Waals surface area contributed by atoms with Gasteiger partial charge in [-0.3, -0.25) is 9.11 Å². The SMILES string of the molecule is O=S(=O)(O)O.[Au].[Cu]. The molecule has 0 spiro atoms. The first-order valence-corrected chi connectivity index (χ1v) is 2.10. The van der Waals surface area contributed by atoms with Gasteiger partial charge in [0.15, 0.2) is 0 Å². The third-order valence-corrected chi connectivity index (χ3v) is 0. The van der Waals surface area contributed by atoms with Gasteiger partial charge in [0.05, 0.1) is 0 Å². The Morgan fingerprint density at radius 3 is 1.14 bits per heavy atom. The van der Waals surface area contributed by atoms with Gasteiger partial charge in [-0.15, -0.1) is 0 Å². The molecule has 0 atom stereocenters. The quantitative estimate of drug-likeness (QED) is 0.445. The van der Waals surface area contributed by atoms with Gasteiger partial charge in [-0.25, -0.2) is 0 Å². The van der Waals surface area contributed by atoms with E-state index in [4.69, 9.17) is 17.5 Å². The summed E-state index contributed by atoms with van der Waals surface area (Å²) < 4.78 is 31.6. The predicted octanol–water partition coefficient (Wildman–Crippen LogP) is -0.658. The van der Waals surface area contributed by atoms with Crippen molar-refractivity contribution in [2.75, 3.05) is 0 Å². The van der Waals surface area contributed by atoms with E-state index in [0.29, 0.717) is 0 Å². The molecule has 2 N–H and O–H groups in total. The van der Waals surface area contributed by atoms with Crippen LogP contribution in [0.15, 0.2) is 0 Å². The van der Waals surface area contributed by atoms with E-state index < -0.39 is 10.4 Å². The molecule has 0 aromatic heterocycles. The van der Waals surface area contributed by atoms with Crippen LogP contribution in [0.1, 0.15) is 0 Å². The molecule has 0 amide bonds. The minimum Gasteiger partial charge on any atom is -0.264 e. The molecule has 0 aliphatic carbocycles. The van der Waals surface area contributed by atoms with E-state index in [0.717, 1.165) is 0 Å². The van der Waals surface area contributed by atoms with Gasteiger partial charge in [0.2, 0.25) is 0 Å². The number of hydrogen-bond donors (Lipinski definition) is 2. The molecule has 0 aromatic rings. The summed E-state index contributed by atoms with van der Waals surface area (Å²) in [6.45, 7) is 0. The Labute approximate surface area is 67.2 Å². The van der Waals surface area contributed by atoms with Crippen molar-refractivity contribution in [1.82, 2.24) is 0 Å². The first-order valence-electron chi connectivity index (χ1n) is 0.698. The Morgan fingerprint density at radius 1 is 1.14 bits per heavy atom. The third-order valence-electron chi connectivity index (χ3n) is 0. The standard InChI is InChI=1S/Au.Cu.H2O4S/c;;1-5(2,3)4/h;;(H2,1,2,3,4). The summed E-state index contributed by atoms with van der Waals surface area (Å²) in [5.74, 6) is 0. The second-order valence-electron chi connectivity index (χ2n) is 0.448. The molecular weight excluding hydrogens is 357 g/mol. The third kappa shape index (κ3) is 147. The average molecular weight is 359 g/mol. The van der Waals surface area contributed by atoms with Crippen LogP contribution >= 0.6 is 0 Å². The molecule has 4 nitrogen and oxygen atoms in total. The maximum absolute atomic E-state index is 8.74. The molecule has 0 aliphatic rings. The van der Waals surface area contributed by atoms with Crippen LogP contribution < -0.4 is 0 Å². The van der Waals surface area contributed by atoms with Gasteiger partial charge in [0.25, 0.3) is 0 Å². The molecule has 0 bridgehead atoms. The summed E-state index contributed by atoms with van der Waals surface area (Å²) in [6, 6.07) is 0. The summed E-state index contributed by atoms with van der Waals surface area (Å²) in [5.41, 5.74) is 0. The molecular formula is H2AuCuO4S. The molecule has 0 saturated heterocycles. The van der Waals surface area contributed by atoms with Gasteiger partial charge >= 0.3 is 10.4 Å². The first kappa shape index (κ1) is 15.7. The molecule has 7 heavy (non-hydrogen) atoms. The van der Waals surface area contributed by atoms with Crippen LogP contribution in [0.4, 0.5) is 0 Å². The van der Waals surface area contributed by atoms with Crippen molar-refractivity contribution in [1.29, 1.82) is 0 Å². The van der Waals surface area contributed by atoms with Gasteiger partial charge in [-0.05, 0) is 0 Å². The van der Waals surface area contributed by atoms with Crippen LogP contribution in [-0.2, 0) is 49.8 Å². The van der Waals surface area contributed by atoms with Gasteiger partial charge < -0.3 is 0 Å². The van der Waals surface area contributed by atoms with Crippen molar-refractivity contribution in [3.63, 3.8) is 0 Å². The van der Waals surface area contributed by atoms with E-state index in [-0.39, 0.29) is 39.4 Å². The fourth-order valence-corrected chi connectivity index (χ4v) is 0. The van der Waals surface area contributed by atoms with Crippen molar-refractivity contribution >= 4 is 10.4 Å². The zero-order valence-electron chi connectivity index (χ0n) is 2.72. The van der Waals surface area contributed by atoms with Crippen LogP contribution in [0.5, 0.6) is 0 Å². The van der Waals surface area contributed by atoms with Crippen molar-refractivity contribution < 1.29 is 57.0 Å². The molecule has 0 aliphatic heterocycles. The van der Waals surface area contributed by atoms with Crippen LogP contribution in [0.2, 0.25) is 0 Å². The van der Waals surface area contributed by atoms with E-state index >= 15 is 0 Å². The zero-order valence-corrected chi connectivity index (χ0v) is 6.65. The minimum atomic E-state index is -4.67. The van der Waals surface area contributed by atoms with Crippen molar-refractivity contribution in [2.45, 2.75) is 0 Å². The predicted molar refractivity (Wildman–Crippen MR) is 14.2 cm³/mol. The van der Waals surface area contributed by atoms with Gasteiger partial charge in [-0.1, -0.05) is 0 Å². The fraction of sp³-hybridized carbons (Fsp3) is 0. The van der Waals surface area contributed by atoms with Crippen molar-refractivity contribution in [3.05, 3.63) is 0 Å². The minimum absolute atomic E-state index is 0.